The second-order valence-electron chi connectivity index (χ2n) is 11.4. The van der Waals surface area contributed by atoms with E-state index in [1.807, 2.05) is 32.9 Å². The third kappa shape index (κ3) is 5.07. The van der Waals surface area contributed by atoms with E-state index in [0.717, 1.165) is 22.2 Å². The maximum absolute atomic E-state index is 15.9. The normalized spacial score (nSPS) is 21.4. The number of allylic oxidation sites excluding steroid dienone is 4. The number of ether oxygens (including phenoxy) is 2. The molecule has 1 aliphatic heterocycles. The second kappa shape index (κ2) is 10.4. The van der Waals surface area contributed by atoms with Gasteiger partial charge in [0.2, 0.25) is 0 Å². The average molecular weight is 580 g/mol. The summed E-state index contributed by atoms with van der Waals surface area (Å²) in [5.74, 6) is -0.492. The fourth-order valence-electron chi connectivity index (χ4n) is 5.74. The van der Waals surface area contributed by atoms with Crippen molar-refractivity contribution in [1.29, 1.82) is 0 Å². The molecule has 1 N–H and O–H groups in total. The largest absolute Gasteiger partial charge is 0.494 e. The van der Waals surface area contributed by atoms with Crippen molar-refractivity contribution in [2.45, 2.75) is 63.5 Å². The third-order valence-corrected chi connectivity index (χ3v) is 8.86. The van der Waals surface area contributed by atoms with E-state index < -0.39 is 17.4 Å². The lowest BCUT2D eigenvalue weighted by atomic mass is 9.89. The molecule has 1 amide bonds. The van der Waals surface area contributed by atoms with Crippen LogP contribution in [0.15, 0.2) is 47.3 Å². The number of alkyl halides is 1. The molecule has 3 atom stereocenters. The van der Waals surface area contributed by atoms with Crippen molar-refractivity contribution in [3.63, 3.8) is 0 Å². The molecule has 0 saturated heterocycles. The molecule has 6 rings (SSSR count). The van der Waals surface area contributed by atoms with E-state index in [4.69, 9.17) is 26.1 Å². The van der Waals surface area contributed by atoms with E-state index >= 15 is 4.39 Å². The fraction of sp³-hybridized carbons (Fsp3) is 0.406. The van der Waals surface area contributed by atoms with E-state index in [2.05, 4.69) is 10.3 Å². The molecular formula is C32H32ClF2N3O3. The summed E-state index contributed by atoms with van der Waals surface area (Å²) in [4.78, 5) is 22.9. The van der Waals surface area contributed by atoms with Gasteiger partial charge in [-0.15, -0.1) is 0 Å². The van der Waals surface area contributed by atoms with Gasteiger partial charge in [-0.25, -0.2) is 13.8 Å². The highest BCUT2D eigenvalue weighted by atomic mass is 35.5. The van der Waals surface area contributed by atoms with Crippen LogP contribution in [0, 0.1) is 13.8 Å². The quantitative estimate of drug-likeness (QED) is 0.320. The number of carbonyl (C=O) groups excluding carboxylic acids is 1. The van der Waals surface area contributed by atoms with Gasteiger partial charge in [0.05, 0.1) is 30.4 Å². The Balaban J connectivity index is 1.32. The number of carbonyl (C=O) groups is 1. The number of aromatic nitrogens is 2. The van der Waals surface area contributed by atoms with Gasteiger partial charge in [0, 0.05) is 46.3 Å². The summed E-state index contributed by atoms with van der Waals surface area (Å²) >= 11 is 6.16. The lowest BCUT2D eigenvalue weighted by Crippen LogP contribution is -2.34. The maximum Gasteiger partial charge on any atom is 0.251 e. The van der Waals surface area contributed by atoms with Crippen LogP contribution in [0.2, 0.25) is 0 Å². The van der Waals surface area contributed by atoms with Gasteiger partial charge in [-0.1, -0.05) is 24.6 Å². The Labute approximate surface area is 242 Å². The maximum atomic E-state index is 15.9. The molecule has 9 heteroatoms. The molecular weight excluding hydrogens is 548 g/mol. The van der Waals surface area contributed by atoms with Crippen LogP contribution < -0.4 is 14.8 Å². The topological polar surface area (TPSA) is 73.3 Å². The third-order valence-electron chi connectivity index (χ3n) is 8.53. The lowest BCUT2D eigenvalue weighted by molar-refractivity contribution is 0.0944. The monoisotopic (exact) mass is 579 g/mol. The number of halogens is 3. The van der Waals surface area contributed by atoms with Gasteiger partial charge in [-0.3, -0.25) is 9.78 Å². The number of amides is 1. The van der Waals surface area contributed by atoms with Crippen LogP contribution in [0.1, 0.15) is 82.5 Å². The molecule has 2 aliphatic carbocycles. The first-order valence-corrected chi connectivity index (χ1v) is 14.3. The minimum atomic E-state index is -1.47. The Bertz CT molecular complexity index is 1630. The highest BCUT2D eigenvalue weighted by molar-refractivity contribution is 6.30. The van der Waals surface area contributed by atoms with Gasteiger partial charge >= 0.3 is 0 Å². The number of nitrogens with one attached hydrogen (secondary N) is 1. The van der Waals surface area contributed by atoms with E-state index in [1.54, 1.807) is 25.3 Å². The SMILES string of the molecule is COc1cc(C(=O)NC[C@H](c2cc3c(c(C4C=CC(F)=C(Cl)C4)n2)OCC3C)C2(F)CC2)cc2cc(C)c(C)nc12. The number of hydrogen-bond donors (Lipinski definition) is 1. The van der Waals surface area contributed by atoms with Crippen LogP contribution in [0.4, 0.5) is 8.78 Å². The zero-order chi connectivity index (χ0) is 29.1. The van der Waals surface area contributed by atoms with Crippen LogP contribution in [-0.4, -0.2) is 41.8 Å². The first kappa shape index (κ1) is 27.6. The first-order valence-electron chi connectivity index (χ1n) is 13.9. The van der Waals surface area contributed by atoms with Gasteiger partial charge in [0.1, 0.15) is 28.5 Å². The number of pyridine rings is 2. The predicted octanol–water partition coefficient (Wildman–Crippen LogP) is 7.23. The van der Waals surface area contributed by atoms with Crippen LogP contribution in [0.3, 0.4) is 0 Å². The van der Waals surface area contributed by atoms with Crippen molar-refractivity contribution in [3.05, 3.63) is 81.0 Å². The Hall–Kier alpha value is -3.52. The molecule has 3 aromatic rings. The van der Waals surface area contributed by atoms with Crippen LogP contribution in [0.25, 0.3) is 10.9 Å². The number of benzene rings is 1. The Kier molecular flexibility index (Phi) is 7.00. The molecule has 3 aliphatic rings. The van der Waals surface area contributed by atoms with Crippen molar-refractivity contribution in [2.75, 3.05) is 20.3 Å². The summed E-state index contributed by atoms with van der Waals surface area (Å²) < 4.78 is 41.4. The minimum Gasteiger partial charge on any atom is -0.494 e. The minimum absolute atomic E-state index is 0.0666. The van der Waals surface area contributed by atoms with Gasteiger partial charge in [-0.2, -0.15) is 0 Å². The Morgan fingerprint density at radius 3 is 2.73 bits per heavy atom. The zero-order valence-electron chi connectivity index (χ0n) is 23.5. The lowest BCUT2D eigenvalue weighted by Gasteiger charge is -2.25. The van der Waals surface area contributed by atoms with Crippen LogP contribution in [-0.2, 0) is 0 Å². The molecule has 6 nitrogen and oxygen atoms in total. The molecule has 1 fully saturated rings. The molecule has 41 heavy (non-hydrogen) atoms. The first-order chi connectivity index (χ1) is 19.6. The van der Waals surface area contributed by atoms with Crippen molar-refractivity contribution >= 4 is 28.4 Å². The number of rotatable bonds is 7. The van der Waals surface area contributed by atoms with Gasteiger partial charge < -0.3 is 14.8 Å². The molecule has 0 radical (unpaired) electrons. The average Bonchev–Trinajstić information content (AvgIpc) is 3.59. The molecule has 0 bridgehead atoms. The number of methoxy groups -OCH3 is 1. The molecule has 214 valence electrons. The standard InChI is InChI=1S/C32H32ClF2N3O3/c1-16-9-20-10-21(12-27(40-4)28(20)37-18(16)3)31(39)36-14-23(32(35)7-8-32)26-13-22-17(2)15-41-30(22)29(38-26)19-5-6-25(34)24(33)11-19/h5-6,9-10,12-13,17,19,23H,7-8,11,14-15H2,1-4H3,(H,36,39)/t17?,19?,23-/m1/s1. The van der Waals surface area contributed by atoms with E-state index in [-0.39, 0.29) is 35.7 Å². The highest BCUT2D eigenvalue weighted by Gasteiger charge is 2.52. The van der Waals surface area contributed by atoms with Crippen LogP contribution >= 0.6 is 11.6 Å². The molecule has 2 unspecified atom stereocenters. The van der Waals surface area contributed by atoms with E-state index in [1.165, 1.54) is 6.08 Å². The van der Waals surface area contributed by atoms with Crippen molar-refractivity contribution in [1.82, 2.24) is 15.3 Å². The number of fused-ring (bicyclic) bond motifs is 2. The summed E-state index contributed by atoms with van der Waals surface area (Å²) in [6.07, 6.45) is 4.12. The van der Waals surface area contributed by atoms with Crippen LogP contribution in [0.5, 0.6) is 11.5 Å². The van der Waals surface area contributed by atoms with Crippen molar-refractivity contribution in [3.8, 4) is 11.5 Å². The van der Waals surface area contributed by atoms with Crippen molar-refractivity contribution in [2.24, 2.45) is 0 Å². The summed E-state index contributed by atoms with van der Waals surface area (Å²) in [6.45, 7) is 6.50. The number of nitrogens with zero attached hydrogens (tertiary/aromatic N) is 2. The van der Waals surface area contributed by atoms with Crippen molar-refractivity contribution < 1.29 is 23.0 Å². The Morgan fingerprint density at radius 1 is 1.24 bits per heavy atom. The summed E-state index contributed by atoms with van der Waals surface area (Å²) in [6, 6.07) is 7.33. The molecule has 0 spiro atoms. The summed E-state index contributed by atoms with van der Waals surface area (Å²) in [7, 11) is 1.55. The smallest absolute Gasteiger partial charge is 0.251 e. The van der Waals surface area contributed by atoms with E-state index in [0.29, 0.717) is 53.4 Å². The van der Waals surface area contributed by atoms with Gasteiger partial charge in [-0.05, 0) is 69.0 Å². The second-order valence-corrected chi connectivity index (χ2v) is 11.9. The molecule has 1 saturated carbocycles. The van der Waals surface area contributed by atoms with E-state index in [9.17, 15) is 9.18 Å². The summed E-state index contributed by atoms with van der Waals surface area (Å²) in [5.41, 5.74) is 3.65. The zero-order valence-corrected chi connectivity index (χ0v) is 24.2. The highest BCUT2D eigenvalue weighted by Crippen LogP contribution is 2.52. The number of aryl methyl sites for hydroxylation is 2. The predicted molar refractivity (Wildman–Crippen MR) is 155 cm³/mol. The molecule has 3 heterocycles. The van der Waals surface area contributed by atoms with Gasteiger partial charge in [0.25, 0.3) is 5.91 Å². The van der Waals surface area contributed by atoms with Gasteiger partial charge in [0.15, 0.2) is 0 Å². The molecule has 1 aromatic carbocycles. The summed E-state index contributed by atoms with van der Waals surface area (Å²) in [5, 5.41) is 3.88. The Morgan fingerprint density at radius 2 is 2.02 bits per heavy atom. The molecule has 2 aromatic heterocycles. The number of hydrogen-bond acceptors (Lipinski definition) is 5. The fourth-order valence-corrected chi connectivity index (χ4v) is 5.97.